The van der Waals surface area contributed by atoms with Gasteiger partial charge in [0.25, 0.3) is 0 Å². The summed E-state index contributed by atoms with van der Waals surface area (Å²) in [7, 11) is 0. The van der Waals surface area contributed by atoms with Crippen molar-refractivity contribution >= 4 is 11.8 Å². The van der Waals surface area contributed by atoms with Crippen LogP contribution in [0.4, 0.5) is 0 Å². The van der Waals surface area contributed by atoms with Gasteiger partial charge in [-0.25, -0.2) is 0 Å². The predicted molar refractivity (Wildman–Crippen MR) is 99.5 cm³/mol. The summed E-state index contributed by atoms with van der Waals surface area (Å²) in [4.78, 5) is 3.60. The van der Waals surface area contributed by atoms with Crippen molar-refractivity contribution in [3.63, 3.8) is 0 Å². The monoisotopic (exact) mass is 343 g/mol. The van der Waals surface area contributed by atoms with Gasteiger partial charge in [-0.05, 0) is 30.2 Å². The fourth-order valence-corrected chi connectivity index (χ4v) is 4.21. The lowest BCUT2D eigenvalue weighted by atomic mass is 10.1. The molecule has 0 amide bonds. The Morgan fingerprint density at radius 2 is 1.79 bits per heavy atom. The number of hydrogen-bond acceptors (Lipinski definition) is 4. The van der Waals surface area contributed by atoms with Crippen molar-refractivity contribution in [1.82, 2.24) is 4.90 Å². The van der Waals surface area contributed by atoms with Gasteiger partial charge in [-0.2, -0.15) is 0 Å². The van der Waals surface area contributed by atoms with Crippen LogP contribution in [0.2, 0.25) is 0 Å². The van der Waals surface area contributed by atoms with Crippen LogP contribution in [-0.4, -0.2) is 49.0 Å². The lowest BCUT2D eigenvalue weighted by Crippen LogP contribution is -2.40. The van der Waals surface area contributed by atoms with E-state index in [0.29, 0.717) is 5.25 Å². The second-order valence-electron chi connectivity index (χ2n) is 6.24. The first kappa shape index (κ1) is 17.5. The highest BCUT2D eigenvalue weighted by Crippen LogP contribution is 2.46. The fourth-order valence-electron chi connectivity index (χ4n) is 3.00. The number of nitrogens with zero attached hydrogens (tertiary/aromatic N) is 1. The predicted octanol–water partition coefficient (Wildman–Crippen LogP) is 3.58. The Hall–Kier alpha value is -1.33. The van der Waals surface area contributed by atoms with Crippen LogP contribution in [-0.2, 0) is 4.74 Å². The number of fused-ring (bicyclic) bond motifs is 2. The van der Waals surface area contributed by atoms with E-state index < -0.39 is 0 Å². The number of thioether (sulfide) groups is 1. The summed E-state index contributed by atoms with van der Waals surface area (Å²) in [6, 6.07) is 19.5. The lowest BCUT2D eigenvalue weighted by molar-refractivity contribution is 0.0181. The molecule has 2 aromatic carbocycles. The Kier molecular flexibility index (Phi) is 6.32. The highest BCUT2D eigenvalue weighted by molar-refractivity contribution is 8.00. The molecule has 2 unspecified atom stereocenters. The largest absolute Gasteiger partial charge is 0.392 e. The van der Waals surface area contributed by atoms with Gasteiger partial charge in [0.05, 0.1) is 24.6 Å². The Morgan fingerprint density at radius 3 is 2.46 bits per heavy atom. The quantitative estimate of drug-likeness (QED) is 0.923. The average molecular weight is 343 g/mol. The molecule has 1 fully saturated rings. The first-order valence-electron chi connectivity index (χ1n) is 8.52. The third kappa shape index (κ3) is 4.84. The third-order valence-corrected chi connectivity index (χ3v) is 5.45. The second kappa shape index (κ2) is 8.67. The van der Waals surface area contributed by atoms with E-state index in [1.807, 2.05) is 18.7 Å². The number of rotatable bonds is 3. The van der Waals surface area contributed by atoms with E-state index in [4.69, 9.17) is 9.84 Å². The van der Waals surface area contributed by atoms with E-state index in [2.05, 4.69) is 59.5 Å². The summed E-state index contributed by atoms with van der Waals surface area (Å²) in [6.07, 6.45) is -0.210. The minimum Gasteiger partial charge on any atom is -0.392 e. The van der Waals surface area contributed by atoms with E-state index >= 15 is 0 Å². The van der Waals surface area contributed by atoms with Gasteiger partial charge in [0, 0.05) is 24.5 Å². The first-order chi connectivity index (χ1) is 11.7. The zero-order chi connectivity index (χ0) is 16.8. The number of benzene rings is 2. The number of aliphatic hydroxyl groups excluding tert-OH is 1. The topological polar surface area (TPSA) is 32.7 Å². The van der Waals surface area contributed by atoms with Gasteiger partial charge in [0.15, 0.2) is 0 Å². The number of hydrogen-bond donors (Lipinski definition) is 1. The molecule has 2 heterocycles. The normalized spacial score (nSPS) is 21.0. The summed E-state index contributed by atoms with van der Waals surface area (Å²) < 4.78 is 5.16. The van der Waals surface area contributed by atoms with Crippen LogP contribution < -0.4 is 0 Å². The Labute approximate surface area is 148 Å². The molecule has 0 aliphatic carbocycles. The maximum atomic E-state index is 9.02. The van der Waals surface area contributed by atoms with Crippen LogP contribution in [0.3, 0.4) is 0 Å². The SMILES string of the molecule is CC(O)CN1CCOCC1.c1ccc(C2Sc3cccc2c3)cc1. The maximum absolute atomic E-state index is 9.02. The molecular weight excluding hydrogens is 318 g/mol. The van der Waals surface area contributed by atoms with Gasteiger partial charge >= 0.3 is 0 Å². The molecule has 0 spiro atoms. The van der Waals surface area contributed by atoms with Crippen LogP contribution in [0.25, 0.3) is 0 Å². The van der Waals surface area contributed by atoms with Crippen molar-refractivity contribution in [2.24, 2.45) is 0 Å². The van der Waals surface area contributed by atoms with Crippen molar-refractivity contribution in [3.8, 4) is 0 Å². The smallest absolute Gasteiger partial charge is 0.0639 e. The molecule has 2 aromatic rings. The Balaban J connectivity index is 0.000000150. The molecule has 1 saturated heterocycles. The van der Waals surface area contributed by atoms with Crippen molar-refractivity contribution in [1.29, 1.82) is 0 Å². The molecule has 128 valence electrons. The highest BCUT2D eigenvalue weighted by atomic mass is 32.2. The summed E-state index contributed by atoms with van der Waals surface area (Å²) in [5.74, 6) is 0. The van der Waals surface area contributed by atoms with Crippen molar-refractivity contribution in [2.75, 3.05) is 32.8 Å². The molecule has 2 aliphatic heterocycles. The van der Waals surface area contributed by atoms with Crippen molar-refractivity contribution in [2.45, 2.75) is 23.2 Å². The molecule has 2 atom stereocenters. The standard InChI is InChI=1S/C13H10S.C7H15NO2/c1-2-5-10(6-3-1)13-11-7-4-8-12(9-11)14-13;1-7(9)6-8-2-4-10-5-3-8/h1-9,13H;7,9H,2-6H2,1H3. The Morgan fingerprint density at radius 1 is 1.08 bits per heavy atom. The Bertz CT molecular complexity index is 627. The van der Waals surface area contributed by atoms with Crippen LogP contribution >= 0.6 is 11.8 Å². The van der Waals surface area contributed by atoms with Gasteiger partial charge in [-0.1, -0.05) is 42.5 Å². The average Bonchev–Trinajstić information content (AvgIpc) is 2.90. The number of ether oxygens (including phenoxy) is 1. The molecule has 24 heavy (non-hydrogen) atoms. The van der Waals surface area contributed by atoms with E-state index in [-0.39, 0.29) is 6.10 Å². The molecule has 2 bridgehead atoms. The molecule has 1 N–H and O–H groups in total. The van der Waals surface area contributed by atoms with E-state index in [9.17, 15) is 0 Å². The van der Waals surface area contributed by atoms with Gasteiger partial charge in [0.1, 0.15) is 0 Å². The lowest BCUT2D eigenvalue weighted by Gasteiger charge is -2.27. The number of morpholine rings is 1. The maximum Gasteiger partial charge on any atom is 0.0639 e. The molecule has 4 heteroatoms. The molecule has 4 rings (SSSR count). The summed E-state index contributed by atoms with van der Waals surface area (Å²) in [5, 5.41) is 9.54. The summed E-state index contributed by atoms with van der Waals surface area (Å²) >= 11 is 1.94. The minimum atomic E-state index is -0.210. The summed E-state index contributed by atoms with van der Waals surface area (Å²) in [5.41, 5.74) is 2.83. The molecule has 3 nitrogen and oxygen atoms in total. The summed E-state index contributed by atoms with van der Waals surface area (Å²) in [6.45, 7) is 6.15. The van der Waals surface area contributed by atoms with Crippen molar-refractivity contribution < 1.29 is 9.84 Å². The van der Waals surface area contributed by atoms with E-state index in [0.717, 1.165) is 32.8 Å². The van der Waals surface area contributed by atoms with Crippen LogP contribution in [0.15, 0.2) is 59.5 Å². The van der Waals surface area contributed by atoms with Crippen LogP contribution in [0, 0.1) is 0 Å². The van der Waals surface area contributed by atoms with Crippen LogP contribution in [0.1, 0.15) is 23.3 Å². The highest BCUT2D eigenvalue weighted by Gasteiger charge is 2.21. The fraction of sp³-hybridized carbons (Fsp3) is 0.400. The molecule has 0 saturated carbocycles. The zero-order valence-corrected chi connectivity index (χ0v) is 14.9. The first-order valence-corrected chi connectivity index (χ1v) is 9.40. The molecule has 0 radical (unpaired) electrons. The van der Waals surface area contributed by atoms with Gasteiger partial charge in [-0.15, -0.1) is 11.8 Å². The van der Waals surface area contributed by atoms with Gasteiger partial charge < -0.3 is 9.84 Å². The van der Waals surface area contributed by atoms with Gasteiger partial charge in [-0.3, -0.25) is 4.90 Å². The minimum absolute atomic E-state index is 0.210. The molecule has 2 aliphatic rings. The van der Waals surface area contributed by atoms with Crippen molar-refractivity contribution in [3.05, 3.63) is 65.7 Å². The number of β-amino-alcohol motifs (C(OH)–C–C–N with tert-alkyl or cyclic N) is 1. The van der Waals surface area contributed by atoms with Crippen LogP contribution in [0.5, 0.6) is 0 Å². The molecular formula is C20H25NO2S. The molecule has 0 aromatic heterocycles. The van der Waals surface area contributed by atoms with Gasteiger partial charge in [0.2, 0.25) is 0 Å². The third-order valence-electron chi connectivity index (χ3n) is 4.14. The second-order valence-corrected chi connectivity index (χ2v) is 7.42. The van der Waals surface area contributed by atoms with E-state index in [1.54, 1.807) is 0 Å². The van der Waals surface area contributed by atoms with E-state index in [1.165, 1.54) is 16.0 Å². The number of aliphatic hydroxyl groups is 1. The zero-order valence-electron chi connectivity index (χ0n) is 14.1.